The Hall–Kier alpha value is -1.66. The average molecular weight is 379 g/mol. The van der Waals surface area contributed by atoms with E-state index in [0.717, 1.165) is 34.3 Å². The van der Waals surface area contributed by atoms with E-state index in [1.807, 2.05) is 30.7 Å². The standard InChI is InChI=1S/C15H13BrClN5/c1-9-6-21-8-18-5-11(21)7-22(9)14-12-3-2-10(16)4-13(12)19-15(17)20-14/h2-5,8-9H,6-7H2,1H3/t9-/m1/s1. The average Bonchev–Trinajstić information content (AvgIpc) is 2.92. The van der Waals surface area contributed by atoms with Crippen molar-refractivity contribution in [1.82, 2.24) is 19.5 Å². The molecule has 0 saturated carbocycles. The molecule has 0 spiro atoms. The van der Waals surface area contributed by atoms with Gasteiger partial charge in [-0.15, -0.1) is 0 Å². The van der Waals surface area contributed by atoms with Gasteiger partial charge in [-0.2, -0.15) is 4.98 Å². The van der Waals surface area contributed by atoms with Gasteiger partial charge in [0.15, 0.2) is 0 Å². The van der Waals surface area contributed by atoms with Crippen LogP contribution in [0.3, 0.4) is 0 Å². The van der Waals surface area contributed by atoms with Crippen LogP contribution in [0, 0.1) is 0 Å². The van der Waals surface area contributed by atoms with Gasteiger partial charge in [0.1, 0.15) is 5.82 Å². The van der Waals surface area contributed by atoms with Crippen LogP contribution in [0.25, 0.3) is 10.9 Å². The number of halogens is 2. The van der Waals surface area contributed by atoms with E-state index < -0.39 is 0 Å². The molecule has 1 atom stereocenters. The molecule has 0 bridgehead atoms. The van der Waals surface area contributed by atoms with Crippen LogP contribution in [0.2, 0.25) is 5.28 Å². The van der Waals surface area contributed by atoms with Gasteiger partial charge in [0, 0.05) is 28.6 Å². The maximum atomic E-state index is 6.14. The van der Waals surface area contributed by atoms with E-state index >= 15 is 0 Å². The number of benzene rings is 1. The highest BCUT2D eigenvalue weighted by Crippen LogP contribution is 2.31. The monoisotopic (exact) mass is 377 g/mol. The summed E-state index contributed by atoms with van der Waals surface area (Å²) in [5, 5.41) is 1.28. The topological polar surface area (TPSA) is 46.8 Å². The molecule has 0 aliphatic carbocycles. The summed E-state index contributed by atoms with van der Waals surface area (Å²) in [6.45, 7) is 3.83. The minimum absolute atomic E-state index is 0.270. The van der Waals surface area contributed by atoms with Gasteiger partial charge in [-0.25, -0.2) is 9.97 Å². The zero-order valence-corrected chi connectivity index (χ0v) is 14.2. The van der Waals surface area contributed by atoms with Crippen molar-refractivity contribution in [3.05, 3.63) is 46.2 Å². The number of anilines is 1. The lowest BCUT2D eigenvalue weighted by molar-refractivity contribution is 0.472. The second kappa shape index (κ2) is 5.21. The fourth-order valence-electron chi connectivity index (χ4n) is 2.92. The number of fused-ring (bicyclic) bond motifs is 2. The summed E-state index contributed by atoms with van der Waals surface area (Å²) >= 11 is 9.62. The lowest BCUT2D eigenvalue weighted by Gasteiger charge is -2.35. The molecule has 3 heterocycles. The zero-order valence-electron chi connectivity index (χ0n) is 11.9. The molecule has 0 saturated heterocycles. The van der Waals surface area contributed by atoms with Crippen LogP contribution < -0.4 is 4.90 Å². The number of nitrogens with zero attached hydrogens (tertiary/aromatic N) is 5. The number of hydrogen-bond donors (Lipinski definition) is 0. The Kier molecular flexibility index (Phi) is 3.31. The van der Waals surface area contributed by atoms with E-state index in [1.165, 1.54) is 5.69 Å². The highest BCUT2D eigenvalue weighted by molar-refractivity contribution is 9.10. The summed E-state index contributed by atoms with van der Waals surface area (Å²) in [6, 6.07) is 6.30. The molecule has 1 aliphatic heterocycles. The summed E-state index contributed by atoms with van der Waals surface area (Å²) in [5.74, 6) is 0.877. The highest BCUT2D eigenvalue weighted by Gasteiger charge is 2.26. The van der Waals surface area contributed by atoms with Crippen LogP contribution in [0.15, 0.2) is 35.2 Å². The third-order valence-corrected chi connectivity index (χ3v) is 4.67. The smallest absolute Gasteiger partial charge is 0.224 e. The van der Waals surface area contributed by atoms with Gasteiger partial charge in [0.05, 0.1) is 24.1 Å². The fraction of sp³-hybridized carbons (Fsp3) is 0.267. The zero-order chi connectivity index (χ0) is 15.3. The van der Waals surface area contributed by atoms with E-state index in [-0.39, 0.29) is 5.28 Å². The van der Waals surface area contributed by atoms with Crippen LogP contribution in [-0.2, 0) is 13.1 Å². The lowest BCUT2D eigenvalue weighted by Crippen LogP contribution is -2.41. The summed E-state index contributed by atoms with van der Waals surface area (Å²) in [6.07, 6.45) is 3.78. The van der Waals surface area contributed by atoms with Crippen molar-refractivity contribution in [3.63, 3.8) is 0 Å². The summed E-state index contributed by atoms with van der Waals surface area (Å²) < 4.78 is 3.16. The molecule has 22 heavy (non-hydrogen) atoms. The van der Waals surface area contributed by atoms with Crippen molar-refractivity contribution in [2.45, 2.75) is 26.1 Å². The van der Waals surface area contributed by atoms with Crippen molar-refractivity contribution < 1.29 is 0 Å². The Bertz CT molecular complexity index is 857. The molecule has 0 amide bonds. The number of aromatic nitrogens is 4. The molecule has 0 radical (unpaired) electrons. The van der Waals surface area contributed by atoms with Crippen LogP contribution in [0.5, 0.6) is 0 Å². The fourth-order valence-corrected chi connectivity index (χ4v) is 3.44. The Labute approximate surface area is 141 Å². The van der Waals surface area contributed by atoms with E-state index in [1.54, 1.807) is 0 Å². The van der Waals surface area contributed by atoms with Gasteiger partial charge in [0.25, 0.3) is 0 Å². The maximum Gasteiger partial charge on any atom is 0.224 e. The molecular formula is C15H13BrClN5. The summed E-state index contributed by atoms with van der Waals surface area (Å²) in [5.41, 5.74) is 2.02. The van der Waals surface area contributed by atoms with E-state index in [4.69, 9.17) is 11.6 Å². The normalized spacial score (nSPS) is 17.8. The van der Waals surface area contributed by atoms with E-state index in [2.05, 4.69) is 47.3 Å². The van der Waals surface area contributed by atoms with Crippen LogP contribution in [-0.4, -0.2) is 25.6 Å². The van der Waals surface area contributed by atoms with E-state index in [9.17, 15) is 0 Å². The van der Waals surface area contributed by atoms with Crippen LogP contribution >= 0.6 is 27.5 Å². The molecule has 2 aromatic heterocycles. The first-order valence-electron chi connectivity index (χ1n) is 7.00. The molecule has 112 valence electrons. The highest BCUT2D eigenvalue weighted by atomic mass is 79.9. The molecule has 0 N–H and O–H groups in total. The Morgan fingerprint density at radius 3 is 3.05 bits per heavy atom. The molecule has 4 rings (SSSR count). The molecule has 0 fully saturated rings. The van der Waals surface area contributed by atoms with Crippen molar-refractivity contribution in [2.75, 3.05) is 4.90 Å². The Morgan fingerprint density at radius 1 is 1.32 bits per heavy atom. The third kappa shape index (κ3) is 2.27. The molecule has 1 aliphatic rings. The number of hydrogen-bond acceptors (Lipinski definition) is 4. The van der Waals surface area contributed by atoms with Gasteiger partial charge < -0.3 is 9.47 Å². The molecule has 0 unspecified atom stereocenters. The van der Waals surface area contributed by atoms with Crippen LogP contribution in [0.1, 0.15) is 12.6 Å². The Morgan fingerprint density at radius 2 is 2.18 bits per heavy atom. The largest absolute Gasteiger partial charge is 0.346 e. The minimum atomic E-state index is 0.270. The minimum Gasteiger partial charge on any atom is -0.346 e. The summed E-state index contributed by atoms with van der Waals surface area (Å²) in [7, 11) is 0. The molecule has 7 heteroatoms. The van der Waals surface area contributed by atoms with Crippen molar-refractivity contribution in [1.29, 1.82) is 0 Å². The van der Waals surface area contributed by atoms with Gasteiger partial charge >= 0.3 is 0 Å². The van der Waals surface area contributed by atoms with Gasteiger partial charge in [0.2, 0.25) is 5.28 Å². The van der Waals surface area contributed by atoms with Crippen molar-refractivity contribution in [2.24, 2.45) is 0 Å². The Balaban J connectivity index is 1.87. The quantitative estimate of drug-likeness (QED) is 0.606. The second-order valence-electron chi connectivity index (χ2n) is 5.49. The molecule has 3 aromatic rings. The molecule has 1 aromatic carbocycles. The molecular weight excluding hydrogens is 366 g/mol. The van der Waals surface area contributed by atoms with E-state index in [0.29, 0.717) is 6.04 Å². The first-order chi connectivity index (χ1) is 10.6. The predicted octanol–water partition coefficient (Wildman–Crippen LogP) is 3.65. The van der Waals surface area contributed by atoms with Gasteiger partial charge in [-0.05, 0) is 36.7 Å². The lowest BCUT2D eigenvalue weighted by atomic mass is 10.1. The third-order valence-electron chi connectivity index (χ3n) is 4.01. The molecule has 5 nitrogen and oxygen atoms in total. The van der Waals surface area contributed by atoms with Gasteiger partial charge in [-0.1, -0.05) is 15.9 Å². The van der Waals surface area contributed by atoms with Crippen molar-refractivity contribution >= 4 is 44.3 Å². The van der Waals surface area contributed by atoms with Crippen LogP contribution in [0.4, 0.5) is 5.82 Å². The number of imidazole rings is 1. The predicted molar refractivity (Wildman–Crippen MR) is 90.1 cm³/mol. The van der Waals surface area contributed by atoms with Gasteiger partial charge in [-0.3, -0.25) is 0 Å². The first kappa shape index (κ1) is 14.0. The SMILES string of the molecule is C[C@@H]1Cn2cncc2CN1c1nc(Cl)nc2cc(Br)ccc12. The maximum absolute atomic E-state index is 6.14. The van der Waals surface area contributed by atoms with Crippen molar-refractivity contribution in [3.8, 4) is 0 Å². The first-order valence-corrected chi connectivity index (χ1v) is 8.17. The number of rotatable bonds is 1. The summed E-state index contributed by atoms with van der Waals surface area (Å²) in [4.78, 5) is 15.3. The second-order valence-corrected chi connectivity index (χ2v) is 6.75.